The highest BCUT2D eigenvalue weighted by atomic mass is 35.5. The summed E-state index contributed by atoms with van der Waals surface area (Å²) in [6.07, 6.45) is 0.987. The Bertz CT molecular complexity index is 994. The van der Waals surface area contributed by atoms with Crippen LogP contribution in [0.3, 0.4) is 0 Å². The van der Waals surface area contributed by atoms with E-state index in [9.17, 15) is 17.2 Å². The van der Waals surface area contributed by atoms with Crippen LogP contribution in [0.2, 0.25) is 5.02 Å². The third-order valence-corrected chi connectivity index (χ3v) is 4.98. The number of nitrogens with zero attached hydrogens (tertiary/aromatic N) is 2. The van der Waals surface area contributed by atoms with Gasteiger partial charge in [0.15, 0.2) is 0 Å². The van der Waals surface area contributed by atoms with E-state index >= 15 is 0 Å². The highest BCUT2D eigenvalue weighted by Crippen LogP contribution is 2.23. The number of halogens is 3. The molecule has 1 N–H and O–H groups in total. The van der Waals surface area contributed by atoms with Crippen molar-refractivity contribution in [1.29, 1.82) is 0 Å². The summed E-state index contributed by atoms with van der Waals surface area (Å²) >= 11 is 5.71. The number of hydrogen-bond acceptors (Lipinski definition) is 5. The lowest BCUT2D eigenvalue weighted by molar-refractivity contribution is 0.418. The maximum Gasteiger partial charge on any atom is 0.240 e. The van der Waals surface area contributed by atoms with Gasteiger partial charge < -0.3 is 4.52 Å². The summed E-state index contributed by atoms with van der Waals surface area (Å²) in [6, 6.07) is 7.20. The van der Waals surface area contributed by atoms with Gasteiger partial charge in [-0.15, -0.1) is 0 Å². The summed E-state index contributed by atoms with van der Waals surface area (Å²) in [6.45, 7) is -0.430. The Balaban J connectivity index is 1.81. The molecule has 25 heavy (non-hydrogen) atoms. The zero-order valence-electron chi connectivity index (χ0n) is 12.4. The van der Waals surface area contributed by atoms with Gasteiger partial charge in [-0.05, 0) is 36.4 Å². The fourth-order valence-corrected chi connectivity index (χ4v) is 3.19. The quantitative estimate of drug-likeness (QED) is 0.729. The maximum absolute atomic E-state index is 14.1. The standard InChI is InChI=1S/C15H10ClF2N3O3S/c16-10-1-3-11(4-2-10)25(22,23)20-7-9-5-14(18)12(6-13(9)17)15-19-8-24-21-15/h1-6,8,20H,7H2. The molecule has 0 aliphatic carbocycles. The SMILES string of the molecule is O=S(=O)(NCc1cc(F)c(-c2ncon2)cc1F)c1ccc(Cl)cc1. The van der Waals surface area contributed by atoms with E-state index in [0.29, 0.717) is 5.02 Å². The molecule has 0 amide bonds. The first-order valence-corrected chi connectivity index (χ1v) is 8.73. The summed E-state index contributed by atoms with van der Waals surface area (Å²) in [7, 11) is -3.90. The van der Waals surface area contributed by atoms with E-state index in [0.717, 1.165) is 18.5 Å². The predicted molar refractivity (Wildman–Crippen MR) is 85.1 cm³/mol. The van der Waals surface area contributed by atoms with E-state index in [1.807, 2.05) is 0 Å². The van der Waals surface area contributed by atoms with Crippen LogP contribution in [0.5, 0.6) is 0 Å². The molecule has 130 valence electrons. The molecule has 0 unspecified atom stereocenters. The molecule has 0 fully saturated rings. The van der Waals surface area contributed by atoms with Crippen LogP contribution >= 0.6 is 11.6 Å². The summed E-state index contributed by atoms with van der Waals surface area (Å²) < 4.78 is 59.3. The largest absolute Gasteiger partial charge is 0.342 e. The van der Waals surface area contributed by atoms with E-state index in [4.69, 9.17) is 11.6 Å². The van der Waals surface area contributed by atoms with Crippen LogP contribution in [0.1, 0.15) is 5.56 Å². The third kappa shape index (κ3) is 3.84. The third-order valence-electron chi connectivity index (χ3n) is 3.31. The second-order valence-corrected chi connectivity index (χ2v) is 7.16. The lowest BCUT2D eigenvalue weighted by atomic mass is 10.1. The zero-order valence-corrected chi connectivity index (χ0v) is 14.0. The first kappa shape index (κ1) is 17.5. The molecule has 3 rings (SSSR count). The second-order valence-electron chi connectivity index (χ2n) is 4.96. The van der Waals surface area contributed by atoms with Crippen molar-refractivity contribution in [1.82, 2.24) is 14.9 Å². The minimum atomic E-state index is -3.90. The maximum atomic E-state index is 14.1. The Morgan fingerprint density at radius 3 is 2.48 bits per heavy atom. The van der Waals surface area contributed by atoms with Crippen LogP contribution in [0.15, 0.2) is 52.2 Å². The molecule has 0 radical (unpaired) electrons. The Morgan fingerprint density at radius 2 is 1.84 bits per heavy atom. The number of hydrogen-bond donors (Lipinski definition) is 1. The van der Waals surface area contributed by atoms with E-state index in [1.165, 1.54) is 24.3 Å². The van der Waals surface area contributed by atoms with Gasteiger partial charge in [-0.2, -0.15) is 4.98 Å². The predicted octanol–water partition coefficient (Wildman–Crippen LogP) is 3.15. The van der Waals surface area contributed by atoms with Crippen molar-refractivity contribution in [3.05, 3.63) is 65.0 Å². The summed E-state index contributed by atoms with van der Waals surface area (Å²) in [5, 5.41) is 3.81. The Kier molecular flexibility index (Phi) is 4.80. The van der Waals surface area contributed by atoms with E-state index < -0.39 is 28.2 Å². The van der Waals surface area contributed by atoms with Crippen molar-refractivity contribution < 1.29 is 21.7 Å². The van der Waals surface area contributed by atoms with Gasteiger partial charge in [0.25, 0.3) is 0 Å². The van der Waals surface area contributed by atoms with Crippen LogP contribution < -0.4 is 4.72 Å². The molecule has 10 heteroatoms. The van der Waals surface area contributed by atoms with Crippen LogP contribution in [0.4, 0.5) is 8.78 Å². The van der Waals surface area contributed by atoms with Gasteiger partial charge in [0.1, 0.15) is 11.6 Å². The number of nitrogens with one attached hydrogen (secondary N) is 1. The smallest absolute Gasteiger partial charge is 0.240 e. The van der Waals surface area contributed by atoms with Crippen LogP contribution in [-0.2, 0) is 16.6 Å². The molecule has 1 heterocycles. The van der Waals surface area contributed by atoms with Crippen molar-refractivity contribution in [3.63, 3.8) is 0 Å². The van der Waals surface area contributed by atoms with Crippen LogP contribution in [0, 0.1) is 11.6 Å². The lowest BCUT2D eigenvalue weighted by Gasteiger charge is -2.09. The van der Waals surface area contributed by atoms with Crippen LogP contribution in [-0.4, -0.2) is 18.6 Å². The van der Waals surface area contributed by atoms with Crippen molar-refractivity contribution in [2.24, 2.45) is 0 Å². The van der Waals surface area contributed by atoms with Gasteiger partial charge in [0, 0.05) is 17.1 Å². The minimum Gasteiger partial charge on any atom is -0.342 e. The highest BCUT2D eigenvalue weighted by Gasteiger charge is 2.18. The van der Waals surface area contributed by atoms with Gasteiger partial charge in [-0.1, -0.05) is 16.8 Å². The van der Waals surface area contributed by atoms with Crippen molar-refractivity contribution in [2.45, 2.75) is 11.4 Å². The van der Waals surface area contributed by atoms with E-state index in [1.54, 1.807) is 0 Å². The number of sulfonamides is 1. The Hall–Kier alpha value is -2.36. The molecular weight excluding hydrogens is 376 g/mol. The topological polar surface area (TPSA) is 85.1 Å². The molecule has 0 aliphatic heterocycles. The molecule has 6 nitrogen and oxygen atoms in total. The zero-order chi connectivity index (χ0) is 18.0. The Morgan fingerprint density at radius 1 is 1.12 bits per heavy atom. The average molecular weight is 386 g/mol. The fraction of sp³-hybridized carbons (Fsp3) is 0.0667. The molecule has 3 aromatic rings. The molecule has 1 aromatic heterocycles. The first-order chi connectivity index (χ1) is 11.9. The van der Waals surface area contributed by atoms with Gasteiger partial charge in [-0.25, -0.2) is 21.9 Å². The monoisotopic (exact) mass is 385 g/mol. The van der Waals surface area contributed by atoms with Crippen molar-refractivity contribution >= 4 is 21.6 Å². The summed E-state index contributed by atoms with van der Waals surface area (Å²) in [5.41, 5.74) is -0.349. The van der Waals surface area contributed by atoms with Crippen molar-refractivity contribution in [3.8, 4) is 11.4 Å². The van der Waals surface area contributed by atoms with E-state index in [2.05, 4.69) is 19.4 Å². The van der Waals surface area contributed by atoms with Crippen LogP contribution in [0.25, 0.3) is 11.4 Å². The number of benzene rings is 2. The van der Waals surface area contributed by atoms with Crippen molar-refractivity contribution in [2.75, 3.05) is 0 Å². The molecule has 0 saturated heterocycles. The van der Waals surface area contributed by atoms with Gasteiger partial charge >= 0.3 is 0 Å². The summed E-state index contributed by atoms with van der Waals surface area (Å²) in [5.74, 6) is -1.71. The molecular formula is C15H10ClF2N3O3S. The fourth-order valence-electron chi connectivity index (χ4n) is 2.05. The lowest BCUT2D eigenvalue weighted by Crippen LogP contribution is -2.23. The van der Waals surface area contributed by atoms with E-state index in [-0.39, 0.29) is 21.8 Å². The molecule has 2 aromatic carbocycles. The average Bonchev–Trinajstić information content (AvgIpc) is 3.10. The molecule has 0 saturated carbocycles. The normalized spacial score (nSPS) is 11.6. The summed E-state index contributed by atoms with van der Waals surface area (Å²) in [4.78, 5) is 3.60. The molecule has 0 atom stereocenters. The minimum absolute atomic E-state index is 0.0406. The molecule has 0 spiro atoms. The number of aromatic nitrogens is 2. The van der Waals surface area contributed by atoms with Gasteiger partial charge in [0.05, 0.1) is 10.5 Å². The second kappa shape index (κ2) is 6.87. The molecule has 0 aliphatic rings. The first-order valence-electron chi connectivity index (χ1n) is 6.87. The Labute approximate surface area is 146 Å². The van der Waals surface area contributed by atoms with Gasteiger partial charge in [0.2, 0.25) is 22.2 Å². The van der Waals surface area contributed by atoms with Gasteiger partial charge in [-0.3, -0.25) is 0 Å². The molecule has 0 bridgehead atoms. The number of rotatable bonds is 5. The highest BCUT2D eigenvalue weighted by molar-refractivity contribution is 7.89.